The zero-order valence-electron chi connectivity index (χ0n) is 28.8. The van der Waals surface area contributed by atoms with E-state index >= 15 is 0 Å². The van der Waals surface area contributed by atoms with E-state index in [-0.39, 0.29) is 37.4 Å². The lowest BCUT2D eigenvalue weighted by Crippen LogP contribution is -2.37. The molecule has 0 N–H and O–H groups in total. The normalized spacial score (nSPS) is 12.9. The minimum absolute atomic E-state index is 0.0508. The molecule has 258 valence electrons. The van der Waals surface area contributed by atoms with E-state index in [0.717, 1.165) is 11.1 Å². The Morgan fingerprint density at radius 3 is 1.96 bits per heavy atom. The van der Waals surface area contributed by atoms with Crippen LogP contribution in [0.2, 0.25) is 0 Å². The monoisotopic (exact) mass is 685 g/mol. The van der Waals surface area contributed by atoms with Gasteiger partial charge in [0.2, 0.25) is 0 Å². The molecule has 0 amide bonds. The number of methoxy groups -OCH3 is 2. The fourth-order valence-corrected chi connectivity index (χ4v) is 7.49. The van der Waals surface area contributed by atoms with Gasteiger partial charge in [0.25, 0.3) is 14.2 Å². The second-order valence-electron chi connectivity index (χ2n) is 11.7. The van der Waals surface area contributed by atoms with E-state index in [4.69, 9.17) is 23.3 Å². The van der Waals surface area contributed by atoms with Crippen LogP contribution in [-0.2, 0) is 19.4 Å². The van der Waals surface area contributed by atoms with Gasteiger partial charge in [-0.3, -0.25) is 10.1 Å². The molecule has 0 aliphatic heterocycles. The van der Waals surface area contributed by atoms with Crippen LogP contribution >= 0.6 is 8.53 Å². The third-order valence-electron chi connectivity index (χ3n) is 7.95. The molecule has 0 fully saturated rings. The van der Waals surface area contributed by atoms with Gasteiger partial charge in [0, 0.05) is 29.8 Å². The first-order valence-corrected chi connectivity index (χ1v) is 17.3. The van der Waals surface area contributed by atoms with Crippen molar-refractivity contribution in [3.63, 3.8) is 0 Å². The highest BCUT2D eigenvalue weighted by Gasteiger charge is 2.44. The van der Waals surface area contributed by atoms with Crippen molar-refractivity contribution in [2.24, 2.45) is 0 Å². The van der Waals surface area contributed by atoms with Gasteiger partial charge in [-0.2, -0.15) is 5.26 Å². The smallest absolute Gasteiger partial charge is 0.275 e. The third-order valence-corrected chi connectivity index (χ3v) is 10.0. The van der Waals surface area contributed by atoms with E-state index in [0.29, 0.717) is 22.6 Å². The van der Waals surface area contributed by atoms with Crippen molar-refractivity contribution in [3.8, 4) is 17.6 Å². The van der Waals surface area contributed by atoms with Crippen LogP contribution in [0.15, 0.2) is 103 Å². The maximum atomic E-state index is 12.5. The van der Waals surface area contributed by atoms with E-state index in [1.807, 2.05) is 100 Å². The maximum Gasteiger partial charge on any atom is 0.275 e. The molecule has 0 aliphatic carbocycles. The van der Waals surface area contributed by atoms with E-state index in [1.165, 1.54) is 6.07 Å². The van der Waals surface area contributed by atoms with Gasteiger partial charge in [0.1, 0.15) is 23.2 Å². The number of ether oxygens (including phenoxy) is 3. The van der Waals surface area contributed by atoms with Gasteiger partial charge in [0.15, 0.2) is 0 Å². The van der Waals surface area contributed by atoms with E-state index in [1.54, 1.807) is 38.5 Å². The molecule has 0 bridgehead atoms. The molecule has 0 spiro atoms. The molecule has 4 aromatic rings. The van der Waals surface area contributed by atoms with E-state index < -0.39 is 25.2 Å². The third kappa shape index (κ3) is 8.82. The largest absolute Gasteiger partial charge is 0.497 e. The number of nitro groups is 1. The van der Waals surface area contributed by atoms with Crippen molar-refractivity contribution in [2.75, 3.05) is 27.4 Å². The summed E-state index contributed by atoms with van der Waals surface area (Å²) in [7, 11) is 1.48. The maximum absolute atomic E-state index is 12.5. The Kier molecular flexibility index (Phi) is 13.7. The lowest BCUT2D eigenvalue weighted by Gasteiger charge is -2.40. The highest BCUT2D eigenvalue weighted by Crippen LogP contribution is 2.51. The first kappa shape index (κ1) is 37.5. The second-order valence-corrected chi connectivity index (χ2v) is 13.2. The minimum atomic E-state index is -1.69. The van der Waals surface area contributed by atoms with Crippen LogP contribution in [0.1, 0.15) is 62.5 Å². The van der Waals surface area contributed by atoms with Crippen LogP contribution < -0.4 is 9.47 Å². The van der Waals surface area contributed by atoms with Gasteiger partial charge < -0.3 is 23.3 Å². The molecule has 2 atom stereocenters. The molecule has 11 heteroatoms. The van der Waals surface area contributed by atoms with Crippen LogP contribution in [0, 0.1) is 21.4 Å². The molecule has 4 aromatic carbocycles. The van der Waals surface area contributed by atoms with Gasteiger partial charge in [-0.05, 0) is 57.0 Å². The Morgan fingerprint density at radius 1 is 0.837 bits per heavy atom. The number of benzene rings is 4. The summed E-state index contributed by atoms with van der Waals surface area (Å²) in [5, 5.41) is 21.7. The van der Waals surface area contributed by atoms with Gasteiger partial charge >= 0.3 is 0 Å². The number of para-hydroxylation sites is 1. The quantitative estimate of drug-likeness (QED) is 0.0333. The van der Waals surface area contributed by atoms with Crippen molar-refractivity contribution in [1.82, 2.24) is 4.67 Å². The van der Waals surface area contributed by atoms with Crippen LogP contribution in [-0.4, -0.2) is 49.1 Å². The first-order valence-electron chi connectivity index (χ1n) is 16.1. The predicted octanol–water partition coefficient (Wildman–Crippen LogP) is 8.95. The summed E-state index contributed by atoms with van der Waals surface area (Å²) in [6.45, 7) is 8.28. The molecule has 0 aromatic heterocycles. The summed E-state index contributed by atoms with van der Waals surface area (Å²) in [6, 6.07) is 33.7. The molecule has 0 aliphatic rings. The lowest BCUT2D eigenvalue weighted by atomic mass is 9.79. The Bertz CT molecular complexity index is 1630. The minimum Gasteiger partial charge on any atom is -0.497 e. The summed E-state index contributed by atoms with van der Waals surface area (Å²) in [6.07, 6.45) is -0.793. The molecular weight excluding hydrogens is 641 g/mol. The molecule has 2 unspecified atom stereocenters. The summed E-state index contributed by atoms with van der Waals surface area (Å²) < 4.78 is 33.9. The number of nitrogens with zero attached hydrogens (tertiary/aromatic N) is 3. The SMILES string of the molecule is COc1ccc(C(OC(COP(OCCC#N)N(C(C)C)C(C)C)c2ccccc2[N+](=O)[O-])(c2ccccc2)c2ccccc2)c(OC)c1. The average molecular weight is 686 g/mol. The Morgan fingerprint density at radius 2 is 1.43 bits per heavy atom. The molecule has 0 saturated carbocycles. The number of hydrogen-bond acceptors (Lipinski definition) is 9. The van der Waals surface area contributed by atoms with Crippen molar-refractivity contribution < 1.29 is 28.2 Å². The molecule has 4 rings (SSSR count). The molecular formula is C38H44N3O7P. The fraction of sp³-hybridized carbons (Fsp3) is 0.342. The van der Waals surface area contributed by atoms with Gasteiger partial charge in [0.05, 0.1) is 50.4 Å². The topological polar surface area (TPSA) is 116 Å². The number of hydrogen-bond donors (Lipinski definition) is 0. The Labute approximate surface area is 290 Å². The van der Waals surface area contributed by atoms with Gasteiger partial charge in [-0.1, -0.05) is 72.8 Å². The average Bonchev–Trinajstić information content (AvgIpc) is 3.12. The van der Waals surface area contributed by atoms with Crippen molar-refractivity contribution in [1.29, 1.82) is 5.26 Å². The van der Waals surface area contributed by atoms with Gasteiger partial charge in [-0.25, -0.2) is 4.67 Å². The van der Waals surface area contributed by atoms with Crippen LogP contribution in [0.25, 0.3) is 0 Å². The van der Waals surface area contributed by atoms with Crippen molar-refractivity contribution in [3.05, 3.63) is 135 Å². The number of nitro benzene ring substituents is 1. The highest BCUT2D eigenvalue weighted by atomic mass is 31.2. The highest BCUT2D eigenvalue weighted by molar-refractivity contribution is 7.44. The molecule has 49 heavy (non-hydrogen) atoms. The molecule has 10 nitrogen and oxygen atoms in total. The standard InChI is InChI=1S/C38H44N3O7P/c1-28(2)40(29(3)4)49(46-25-15-24-39)47-27-37(33-20-13-14-21-35(33)41(42)43)48-38(30-16-9-7-10-17-30,31-18-11-8-12-19-31)34-23-22-32(44-5)26-36(34)45-6/h7-14,16-23,26,28-29,37H,15,25,27H2,1-6H3. The fourth-order valence-electron chi connectivity index (χ4n) is 5.88. The predicted molar refractivity (Wildman–Crippen MR) is 190 cm³/mol. The van der Waals surface area contributed by atoms with E-state index in [9.17, 15) is 15.4 Å². The Hall–Kier alpha value is -4.36. The van der Waals surface area contributed by atoms with Crippen LogP contribution in [0.5, 0.6) is 11.5 Å². The summed E-state index contributed by atoms with van der Waals surface area (Å²) >= 11 is 0. The van der Waals surface area contributed by atoms with Crippen molar-refractivity contribution >= 4 is 14.2 Å². The van der Waals surface area contributed by atoms with Crippen molar-refractivity contribution in [2.45, 2.75) is 57.9 Å². The summed E-state index contributed by atoms with van der Waals surface area (Å²) in [4.78, 5) is 12.1. The molecule has 0 saturated heterocycles. The molecule has 0 heterocycles. The second kappa shape index (κ2) is 17.9. The van der Waals surface area contributed by atoms with Crippen LogP contribution in [0.4, 0.5) is 5.69 Å². The van der Waals surface area contributed by atoms with Gasteiger partial charge in [-0.15, -0.1) is 0 Å². The zero-order valence-corrected chi connectivity index (χ0v) is 29.7. The van der Waals surface area contributed by atoms with Crippen LogP contribution in [0.3, 0.4) is 0 Å². The number of rotatable bonds is 18. The summed E-state index contributed by atoms with van der Waals surface area (Å²) in [5.41, 5.74) is 1.09. The lowest BCUT2D eigenvalue weighted by molar-refractivity contribution is -0.386. The molecule has 0 radical (unpaired) electrons. The van der Waals surface area contributed by atoms with E-state index in [2.05, 4.69) is 10.7 Å². The number of nitriles is 1. The Balaban J connectivity index is 1.98. The first-order chi connectivity index (χ1) is 23.7. The summed E-state index contributed by atoms with van der Waals surface area (Å²) in [5.74, 6) is 1.10. The zero-order chi connectivity index (χ0) is 35.4.